The predicted octanol–water partition coefficient (Wildman–Crippen LogP) is 2.61. The molecule has 0 aromatic carbocycles. The average molecular weight is 188 g/mol. The van der Waals surface area contributed by atoms with Gasteiger partial charge < -0.3 is 4.74 Å². The molecule has 0 spiro atoms. The second kappa shape index (κ2) is 5.95. The predicted molar refractivity (Wildman–Crippen MR) is 48.2 cm³/mol. The maximum absolute atomic E-state index is 12.3. The molecule has 1 fully saturated rings. The highest BCUT2D eigenvalue weighted by molar-refractivity contribution is 5.69. The summed E-state index contributed by atoms with van der Waals surface area (Å²) in [4.78, 5) is 11.1. The van der Waals surface area contributed by atoms with E-state index in [2.05, 4.69) is 0 Å². The third-order valence-corrected chi connectivity index (χ3v) is 2.38. The summed E-state index contributed by atoms with van der Waals surface area (Å²) in [6.45, 7) is -0.536. The van der Waals surface area contributed by atoms with Gasteiger partial charge in [0.2, 0.25) is 0 Å². The first-order valence-corrected chi connectivity index (χ1v) is 5.08. The van der Waals surface area contributed by atoms with Gasteiger partial charge in [-0.15, -0.1) is 0 Å². The van der Waals surface area contributed by atoms with Crippen LogP contribution in [0.5, 0.6) is 0 Å². The number of cyclic esters (lactones) is 1. The van der Waals surface area contributed by atoms with E-state index < -0.39 is 12.8 Å². The van der Waals surface area contributed by atoms with Gasteiger partial charge in [-0.3, -0.25) is 4.79 Å². The molecule has 0 aliphatic carbocycles. The van der Waals surface area contributed by atoms with Crippen molar-refractivity contribution < 1.29 is 13.9 Å². The van der Waals surface area contributed by atoms with E-state index in [-0.39, 0.29) is 5.97 Å². The van der Waals surface area contributed by atoms with Crippen LogP contribution in [0.25, 0.3) is 0 Å². The fourth-order valence-corrected chi connectivity index (χ4v) is 1.58. The first-order valence-electron chi connectivity index (χ1n) is 5.08. The molecule has 1 atom stereocenters. The molecule has 0 radical (unpaired) electrons. The van der Waals surface area contributed by atoms with Crippen LogP contribution in [0.2, 0.25) is 0 Å². The van der Waals surface area contributed by atoms with Crippen LogP contribution < -0.4 is 0 Å². The molecule has 0 amide bonds. The Kier molecular flexibility index (Phi) is 4.79. The Morgan fingerprint density at radius 2 is 1.92 bits per heavy atom. The first kappa shape index (κ1) is 10.5. The topological polar surface area (TPSA) is 26.3 Å². The zero-order valence-corrected chi connectivity index (χ0v) is 7.93. The number of rotatable bonds is 1. The quantitative estimate of drug-likeness (QED) is 0.591. The largest absolute Gasteiger partial charge is 0.460 e. The van der Waals surface area contributed by atoms with Crippen LogP contribution in [-0.4, -0.2) is 18.7 Å². The van der Waals surface area contributed by atoms with Crippen molar-refractivity contribution in [2.24, 2.45) is 0 Å². The SMILES string of the molecule is O=C1CCCCCCC[C@H](CF)O1. The number of carbonyl (C=O) groups is 1. The van der Waals surface area contributed by atoms with E-state index in [1.165, 1.54) is 0 Å². The number of alkyl halides is 1. The average Bonchev–Trinajstić information content (AvgIpc) is 2.15. The number of halogens is 1. The number of hydrogen-bond acceptors (Lipinski definition) is 2. The van der Waals surface area contributed by atoms with Gasteiger partial charge in [-0.2, -0.15) is 0 Å². The van der Waals surface area contributed by atoms with Crippen molar-refractivity contribution in [1.29, 1.82) is 0 Å². The van der Waals surface area contributed by atoms with Crippen LogP contribution in [0.3, 0.4) is 0 Å². The molecule has 0 unspecified atom stereocenters. The molecule has 0 bridgehead atoms. The minimum atomic E-state index is -0.536. The Balaban J connectivity index is 2.34. The second-order valence-electron chi connectivity index (χ2n) is 3.57. The zero-order valence-electron chi connectivity index (χ0n) is 7.93. The maximum Gasteiger partial charge on any atom is 0.306 e. The van der Waals surface area contributed by atoms with Gasteiger partial charge in [0.15, 0.2) is 0 Å². The summed E-state index contributed by atoms with van der Waals surface area (Å²) in [5.74, 6) is -0.232. The smallest absolute Gasteiger partial charge is 0.306 e. The van der Waals surface area contributed by atoms with Crippen LogP contribution >= 0.6 is 0 Å². The molecular formula is C10H17FO2. The molecule has 0 saturated carbocycles. The lowest BCUT2D eigenvalue weighted by atomic mass is 10.1. The number of ether oxygens (including phenoxy) is 1. The molecular weight excluding hydrogens is 171 g/mol. The van der Waals surface area contributed by atoms with Gasteiger partial charge in [-0.1, -0.05) is 19.3 Å². The lowest BCUT2D eigenvalue weighted by molar-refractivity contribution is -0.150. The van der Waals surface area contributed by atoms with Gasteiger partial charge in [0.1, 0.15) is 12.8 Å². The highest BCUT2D eigenvalue weighted by Gasteiger charge is 2.14. The van der Waals surface area contributed by atoms with E-state index >= 15 is 0 Å². The van der Waals surface area contributed by atoms with Crippen molar-refractivity contribution in [1.82, 2.24) is 0 Å². The second-order valence-corrected chi connectivity index (χ2v) is 3.57. The lowest BCUT2D eigenvalue weighted by Gasteiger charge is -2.16. The van der Waals surface area contributed by atoms with E-state index in [1.807, 2.05) is 0 Å². The fraction of sp³-hybridized carbons (Fsp3) is 0.900. The monoisotopic (exact) mass is 188 g/mol. The summed E-state index contributed by atoms with van der Waals surface area (Å²) < 4.78 is 17.3. The molecule has 0 aromatic heterocycles. The third-order valence-electron chi connectivity index (χ3n) is 2.38. The highest BCUT2D eigenvalue weighted by atomic mass is 19.1. The van der Waals surface area contributed by atoms with E-state index in [0.717, 1.165) is 32.1 Å². The summed E-state index contributed by atoms with van der Waals surface area (Å²) in [6.07, 6.45) is 5.90. The Morgan fingerprint density at radius 3 is 2.69 bits per heavy atom. The van der Waals surface area contributed by atoms with Crippen molar-refractivity contribution in [2.75, 3.05) is 6.67 Å². The molecule has 1 saturated heterocycles. The van der Waals surface area contributed by atoms with E-state index in [0.29, 0.717) is 12.8 Å². The zero-order chi connectivity index (χ0) is 9.52. The molecule has 1 heterocycles. The molecule has 2 nitrogen and oxygen atoms in total. The van der Waals surface area contributed by atoms with Gasteiger partial charge in [-0.05, 0) is 19.3 Å². The molecule has 1 aliphatic rings. The van der Waals surface area contributed by atoms with Gasteiger partial charge in [0.05, 0.1) is 0 Å². The van der Waals surface area contributed by atoms with Crippen LogP contribution in [0.4, 0.5) is 4.39 Å². The molecule has 13 heavy (non-hydrogen) atoms. The van der Waals surface area contributed by atoms with Crippen molar-refractivity contribution in [2.45, 2.75) is 51.0 Å². The fourth-order valence-electron chi connectivity index (χ4n) is 1.58. The van der Waals surface area contributed by atoms with Crippen molar-refractivity contribution in [3.63, 3.8) is 0 Å². The van der Waals surface area contributed by atoms with Crippen molar-refractivity contribution in [3.05, 3.63) is 0 Å². The Labute approximate surface area is 78.5 Å². The van der Waals surface area contributed by atoms with Gasteiger partial charge in [0, 0.05) is 6.42 Å². The lowest BCUT2D eigenvalue weighted by Crippen LogP contribution is -2.20. The molecule has 0 aromatic rings. The van der Waals surface area contributed by atoms with Crippen LogP contribution in [-0.2, 0) is 9.53 Å². The number of esters is 1. The maximum atomic E-state index is 12.3. The van der Waals surface area contributed by atoms with Crippen molar-refractivity contribution in [3.8, 4) is 0 Å². The number of carbonyl (C=O) groups excluding carboxylic acids is 1. The highest BCUT2D eigenvalue weighted by Crippen LogP contribution is 2.14. The molecule has 1 rings (SSSR count). The summed E-state index contributed by atoms with van der Waals surface area (Å²) >= 11 is 0. The van der Waals surface area contributed by atoms with Gasteiger partial charge >= 0.3 is 5.97 Å². The summed E-state index contributed by atoms with van der Waals surface area (Å²) in [7, 11) is 0. The van der Waals surface area contributed by atoms with Crippen LogP contribution in [0, 0.1) is 0 Å². The molecule has 76 valence electrons. The summed E-state index contributed by atoms with van der Waals surface area (Å²) in [5.41, 5.74) is 0. The Morgan fingerprint density at radius 1 is 1.23 bits per heavy atom. The standard InChI is InChI=1S/C10H17FO2/c11-8-9-6-4-2-1-3-5-7-10(12)13-9/h9H,1-8H2/t9-/m1/s1. The van der Waals surface area contributed by atoms with Crippen molar-refractivity contribution >= 4 is 5.97 Å². The van der Waals surface area contributed by atoms with Crippen LogP contribution in [0.15, 0.2) is 0 Å². The van der Waals surface area contributed by atoms with E-state index in [1.54, 1.807) is 0 Å². The normalized spacial score (nSPS) is 26.5. The summed E-state index contributed by atoms with van der Waals surface area (Å²) in [5, 5.41) is 0. The molecule has 0 N–H and O–H groups in total. The minimum Gasteiger partial charge on any atom is -0.460 e. The molecule has 3 heteroatoms. The Bertz CT molecular complexity index is 159. The molecule has 1 aliphatic heterocycles. The summed E-state index contributed by atoms with van der Waals surface area (Å²) in [6, 6.07) is 0. The Hall–Kier alpha value is -0.600. The van der Waals surface area contributed by atoms with E-state index in [4.69, 9.17) is 4.74 Å². The first-order chi connectivity index (χ1) is 6.33. The van der Waals surface area contributed by atoms with E-state index in [9.17, 15) is 9.18 Å². The van der Waals surface area contributed by atoms with Gasteiger partial charge in [-0.25, -0.2) is 4.39 Å². The van der Waals surface area contributed by atoms with Crippen LogP contribution in [0.1, 0.15) is 44.9 Å². The third kappa shape index (κ3) is 4.25. The minimum absolute atomic E-state index is 0.232. The van der Waals surface area contributed by atoms with Gasteiger partial charge in [0.25, 0.3) is 0 Å². The number of hydrogen-bond donors (Lipinski definition) is 0.